The van der Waals surface area contributed by atoms with Gasteiger partial charge in [0, 0.05) is 0 Å². The predicted octanol–water partition coefficient (Wildman–Crippen LogP) is 2.04. The highest BCUT2D eigenvalue weighted by molar-refractivity contribution is 7.81. The van der Waals surface area contributed by atoms with E-state index in [1.807, 2.05) is 0 Å². The Balaban J connectivity index is 3.36. The summed E-state index contributed by atoms with van der Waals surface area (Å²) in [5.41, 5.74) is 0. The summed E-state index contributed by atoms with van der Waals surface area (Å²) in [4.78, 5) is 10.8. The van der Waals surface area contributed by atoms with E-state index < -0.39 is 0 Å². The van der Waals surface area contributed by atoms with Crippen LogP contribution < -0.4 is 0 Å². The molecule has 0 aliphatic carbocycles. The van der Waals surface area contributed by atoms with Crippen molar-refractivity contribution in [2.75, 3.05) is 7.11 Å². The summed E-state index contributed by atoms with van der Waals surface area (Å²) in [6, 6.07) is 0. The second-order valence-electron chi connectivity index (χ2n) is 2.53. The molecular weight excluding hydrogens is 160 g/mol. The topological polar surface area (TPSA) is 26.3 Å². The van der Waals surface area contributed by atoms with Gasteiger partial charge < -0.3 is 4.74 Å². The molecule has 0 N–H and O–H groups in total. The van der Waals surface area contributed by atoms with Crippen LogP contribution >= 0.6 is 12.6 Å². The van der Waals surface area contributed by atoms with Gasteiger partial charge in [0.1, 0.15) is 0 Å². The van der Waals surface area contributed by atoms with Crippen LogP contribution in [0.5, 0.6) is 0 Å². The fourth-order valence-corrected chi connectivity index (χ4v) is 1.13. The number of esters is 1. The van der Waals surface area contributed by atoms with E-state index in [4.69, 9.17) is 0 Å². The van der Waals surface area contributed by atoms with Crippen molar-refractivity contribution in [3.63, 3.8) is 0 Å². The monoisotopic (exact) mass is 176 g/mol. The van der Waals surface area contributed by atoms with E-state index in [1.165, 1.54) is 13.5 Å². The van der Waals surface area contributed by atoms with Crippen molar-refractivity contribution in [1.29, 1.82) is 0 Å². The van der Waals surface area contributed by atoms with Gasteiger partial charge in [-0.05, 0) is 6.42 Å². The molecule has 3 heteroatoms. The van der Waals surface area contributed by atoms with Gasteiger partial charge in [-0.1, -0.05) is 26.2 Å². The normalized spacial score (nSPS) is 12.6. The maximum Gasteiger partial charge on any atom is 0.318 e. The predicted molar refractivity (Wildman–Crippen MR) is 48.9 cm³/mol. The second kappa shape index (κ2) is 6.53. The molecule has 0 rings (SSSR count). The standard InChI is InChI=1S/C8H16O2S/c1-3-4-5-6-7(11)8(9)10-2/h7,11H,3-6H2,1-2H3. The van der Waals surface area contributed by atoms with E-state index in [0.29, 0.717) is 0 Å². The van der Waals surface area contributed by atoms with Crippen molar-refractivity contribution in [2.45, 2.75) is 37.9 Å². The molecule has 0 amide bonds. The van der Waals surface area contributed by atoms with Gasteiger partial charge >= 0.3 is 5.97 Å². The Kier molecular flexibility index (Phi) is 6.42. The van der Waals surface area contributed by atoms with Gasteiger partial charge in [0.15, 0.2) is 0 Å². The van der Waals surface area contributed by atoms with Crippen LogP contribution in [0.15, 0.2) is 0 Å². The van der Waals surface area contributed by atoms with Crippen LogP contribution in [-0.4, -0.2) is 18.3 Å². The number of methoxy groups -OCH3 is 1. The summed E-state index contributed by atoms with van der Waals surface area (Å²) in [5, 5.41) is -0.230. The molecule has 0 radical (unpaired) electrons. The first-order valence-corrected chi connectivity index (χ1v) is 4.50. The number of ether oxygens (including phenoxy) is 1. The van der Waals surface area contributed by atoms with Gasteiger partial charge in [-0.3, -0.25) is 4.79 Å². The minimum absolute atomic E-state index is 0.218. The minimum Gasteiger partial charge on any atom is -0.468 e. The van der Waals surface area contributed by atoms with E-state index in [1.54, 1.807) is 0 Å². The number of hydrogen-bond donors (Lipinski definition) is 1. The molecule has 0 fully saturated rings. The molecule has 0 saturated heterocycles. The maximum atomic E-state index is 10.8. The highest BCUT2D eigenvalue weighted by Gasteiger charge is 2.12. The first kappa shape index (κ1) is 10.8. The molecule has 1 atom stereocenters. The van der Waals surface area contributed by atoms with Crippen LogP contribution in [0.25, 0.3) is 0 Å². The Labute approximate surface area is 73.7 Å². The third-order valence-corrected chi connectivity index (χ3v) is 2.02. The van der Waals surface area contributed by atoms with Crippen molar-refractivity contribution >= 4 is 18.6 Å². The molecule has 0 spiro atoms. The molecule has 0 heterocycles. The maximum absolute atomic E-state index is 10.8. The quantitative estimate of drug-likeness (QED) is 0.394. The second-order valence-corrected chi connectivity index (χ2v) is 3.16. The van der Waals surface area contributed by atoms with Crippen molar-refractivity contribution in [3.05, 3.63) is 0 Å². The fourth-order valence-electron chi connectivity index (χ4n) is 0.842. The number of thiol groups is 1. The summed E-state index contributed by atoms with van der Waals surface area (Å²) in [5.74, 6) is -0.218. The number of carbonyl (C=O) groups is 1. The van der Waals surface area contributed by atoms with E-state index in [2.05, 4.69) is 24.3 Å². The van der Waals surface area contributed by atoms with E-state index in [0.717, 1.165) is 19.3 Å². The molecule has 66 valence electrons. The smallest absolute Gasteiger partial charge is 0.318 e. The van der Waals surface area contributed by atoms with E-state index in [-0.39, 0.29) is 11.2 Å². The zero-order valence-electron chi connectivity index (χ0n) is 7.17. The first-order chi connectivity index (χ1) is 5.22. The van der Waals surface area contributed by atoms with Crippen LogP contribution in [0.2, 0.25) is 0 Å². The largest absolute Gasteiger partial charge is 0.468 e. The molecule has 0 aliphatic heterocycles. The highest BCUT2D eigenvalue weighted by atomic mass is 32.1. The number of carbonyl (C=O) groups excluding carboxylic acids is 1. The van der Waals surface area contributed by atoms with Gasteiger partial charge in [-0.15, -0.1) is 0 Å². The van der Waals surface area contributed by atoms with Gasteiger partial charge in [0.2, 0.25) is 0 Å². The molecule has 0 aliphatic rings. The highest BCUT2D eigenvalue weighted by Crippen LogP contribution is 2.09. The lowest BCUT2D eigenvalue weighted by molar-refractivity contribution is -0.140. The van der Waals surface area contributed by atoms with Crippen LogP contribution in [-0.2, 0) is 9.53 Å². The lowest BCUT2D eigenvalue weighted by Gasteiger charge is -2.06. The number of rotatable bonds is 5. The Morgan fingerprint density at radius 3 is 2.64 bits per heavy atom. The minimum atomic E-state index is -0.230. The average molecular weight is 176 g/mol. The van der Waals surface area contributed by atoms with Crippen molar-refractivity contribution < 1.29 is 9.53 Å². The zero-order chi connectivity index (χ0) is 8.69. The molecule has 0 bridgehead atoms. The summed E-state index contributed by atoms with van der Waals surface area (Å²) in [6.07, 6.45) is 4.21. The Morgan fingerprint density at radius 2 is 2.18 bits per heavy atom. The first-order valence-electron chi connectivity index (χ1n) is 3.98. The van der Waals surface area contributed by atoms with Crippen molar-refractivity contribution in [1.82, 2.24) is 0 Å². The molecule has 11 heavy (non-hydrogen) atoms. The van der Waals surface area contributed by atoms with Crippen molar-refractivity contribution in [2.24, 2.45) is 0 Å². The van der Waals surface area contributed by atoms with Crippen LogP contribution in [0, 0.1) is 0 Å². The molecule has 0 aromatic heterocycles. The Bertz CT molecular complexity index is 115. The molecule has 0 aromatic rings. The van der Waals surface area contributed by atoms with Crippen LogP contribution in [0.4, 0.5) is 0 Å². The summed E-state index contributed by atoms with van der Waals surface area (Å²) >= 11 is 4.10. The molecule has 0 aromatic carbocycles. The SMILES string of the molecule is CCCCCC(S)C(=O)OC. The van der Waals surface area contributed by atoms with Crippen LogP contribution in [0.3, 0.4) is 0 Å². The molecular formula is C8H16O2S. The van der Waals surface area contributed by atoms with Crippen LogP contribution in [0.1, 0.15) is 32.6 Å². The summed E-state index contributed by atoms with van der Waals surface area (Å²) in [6.45, 7) is 2.13. The third kappa shape index (κ3) is 5.13. The lowest BCUT2D eigenvalue weighted by atomic mass is 10.1. The third-order valence-electron chi connectivity index (χ3n) is 1.55. The summed E-state index contributed by atoms with van der Waals surface area (Å²) < 4.78 is 4.53. The average Bonchev–Trinajstić information content (AvgIpc) is 2.03. The fraction of sp³-hybridized carbons (Fsp3) is 0.875. The molecule has 0 saturated carbocycles. The van der Waals surface area contributed by atoms with E-state index in [9.17, 15) is 4.79 Å². The number of unbranched alkanes of at least 4 members (excludes halogenated alkanes) is 2. The zero-order valence-corrected chi connectivity index (χ0v) is 8.06. The van der Waals surface area contributed by atoms with Gasteiger partial charge in [-0.25, -0.2) is 0 Å². The molecule has 1 unspecified atom stereocenters. The molecule has 2 nitrogen and oxygen atoms in total. The van der Waals surface area contributed by atoms with Gasteiger partial charge in [-0.2, -0.15) is 12.6 Å². The van der Waals surface area contributed by atoms with Gasteiger partial charge in [0.25, 0.3) is 0 Å². The lowest BCUT2D eigenvalue weighted by Crippen LogP contribution is -2.15. The number of hydrogen-bond acceptors (Lipinski definition) is 3. The summed E-state index contributed by atoms with van der Waals surface area (Å²) in [7, 11) is 1.39. The Hall–Kier alpha value is -0.180. The van der Waals surface area contributed by atoms with Crippen molar-refractivity contribution in [3.8, 4) is 0 Å². The van der Waals surface area contributed by atoms with Gasteiger partial charge in [0.05, 0.1) is 12.4 Å². The van der Waals surface area contributed by atoms with E-state index >= 15 is 0 Å². The Morgan fingerprint density at radius 1 is 1.55 bits per heavy atom.